The van der Waals surface area contributed by atoms with E-state index in [0.717, 1.165) is 32.2 Å². The molecule has 0 bridgehead atoms. The highest BCUT2D eigenvalue weighted by Gasteiger charge is 2.16. The Balaban J connectivity index is 1.88. The van der Waals surface area contributed by atoms with Gasteiger partial charge < -0.3 is 5.32 Å². The van der Waals surface area contributed by atoms with E-state index in [-0.39, 0.29) is 5.91 Å². The summed E-state index contributed by atoms with van der Waals surface area (Å²) in [6.45, 7) is 4.04. The number of carbonyl (C=O) groups excluding carboxylic acids is 1. The maximum absolute atomic E-state index is 13.2. The van der Waals surface area contributed by atoms with Gasteiger partial charge in [-0.15, -0.1) is 0 Å². The Morgan fingerprint density at radius 2 is 1.76 bits per heavy atom. The van der Waals surface area contributed by atoms with E-state index in [0.29, 0.717) is 16.3 Å². The zero-order chi connectivity index (χ0) is 20.5. The van der Waals surface area contributed by atoms with Crippen molar-refractivity contribution in [1.29, 1.82) is 0 Å². The molecule has 1 N–H and O–H groups in total. The lowest BCUT2D eigenvalue weighted by Gasteiger charge is -2.13. The normalized spacial score (nSPS) is 10.9. The molecular formula is C24H18BrClN2O. The Labute approximate surface area is 182 Å². The molecule has 0 unspecified atom stereocenters. The highest BCUT2D eigenvalue weighted by molar-refractivity contribution is 9.10. The summed E-state index contributed by atoms with van der Waals surface area (Å²) in [7, 11) is 0. The zero-order valence-electron chi connectivity index (χ0n) is 16.0. The van der Waals surface area contributed by atoms with E-state index in [1.807, 2.05) is 62.4 Å². The van der Waals surface area contributed by atoms with Crippen molar-refractivity contribution in [1.82, 2.24) is 4.98 Å². The van der Waals surface area contributed by atoms with Gasteiger partial charge in [-0.25, -0.2) is 4.98 Å². The Bertz CT molecular complexity index is 1240. The van der Waals surface area contributed by atoms with Crippen molar-refractivity contribution >= 4 is 50.0 Å². The number of nitrogens with one attached hydrogen (secondary N) is 1. The SMILES string of the molecule is Cc1ccc(-c2cc(C(=O)Nc3cccc(Cl)c3)c3cc(Br)cc(C)c3n2)cc1. The van der Waals surface area contributed by atoms with Gasteiger partial charge >= 0.3 is 0 Å². The van der Waals surface area contributed by atoms with Crippen LogP contribution in [0.3, 0.4) is 0 Å². The van der Waals surface area contributed by atoms with Gasteiger partial charge in [-0.3, -0.25) is 4.79 Å². The molecule has 1 aromatic heterocycles. The number of halogens is 2. The first-order chi connectivity index (χ1) is 13.9. The molecule has 0 radical (unpaired) electrons. The van der Waals surface area contributed by atoms with Crippen LogP contribution in [-0.4, -0.2) is 10.9 Å². The summed E-state index contributed by atoms with van der Waals surface area (Å²) in [4.78, 5) is 18.1. The first kappa shape index (κ1) is 19.6. The quantitative estimate of drug-likeness (QED) is 0.348. The molecule has 29 heavy (non-hydrogen) atoms. The molecule has 0 aliphatic rings. The van der Waals surface area contributed by atoms with Crippen molar-refractivity contribution in [2.24, 2.45) is 0 Å². The van der Waals surface area contributed by atoms with Crippen LogP contribution in [0.15, 0.2) is 71.2 Å². The van der Waals surface area contributed by atoms with Crippen LogP contribution in [0.5, 0.6) is 0 Å². The van der Waals surface area contributed by atoms with E-state index in [1.165, 1.54) is 5.56 Å². The number of aromatic nitrogens is 1. The van der Waals surface area contributed by atoms with Crippen LogP contribution in [0, 0.1) is 13.8 Å². The average molecular weight is 466 g/mol. The number of hydrogen-bond acceptors (Lipinski definition) is 2. The summed E-state index contributed by atoms with van der Waals surface area (Å²) in [5, 5.41) is 4.32. The fourth-order valence-electron chi connectivity index (χ4n) is 3.28. The number of fused-ring (bicyclic) bond motifs is 1. The van der Waals surface area contributed by atoms with Crippen LogP contribution in [0.4, 0.5) is 5.69 Å². The minimum atomic E-state index is -0.203. The third kappa shape index (κ3) is 4.19. The maximum atomic E-state index is 13.2. The predicted octanol–water partition coefficient (Wildman–Crippen LogP) is 7.19. The van der Waals surface area contributed by atoms with Crippen molar-refractivity contribution in [2.75, 3.05) is 5.32 Å². The highest BCUT2D eigenvalue weighted by Crippen LogP contribution is 2.30. The molecule has 3 nitrogen and oxygen atoms in total. The minimum absolute atomic E-state index is 0.203. The van der Waals surface area contributed by atoms with Crippen LogP contribution in [0.25, 0.3) is 22.2 Å². The number of amides is 1. The number of anilines is 1. The van der Waals surface area contributed by atoms with E-state index in [2.05, 4.69) is 21.2 Å². The molecule has 1 heterocycles. The molecule has 0 atom stereocenters. The van der Waals surface area contributed by atoms with E-state index in [4.69, 9.17) is 16.6 Å². The van der Waals surface area contributed by atoms with E-state index in [1.54, 1.807) is 18.2 Å². The number of hydrogen-bond donors (Lipinski definition) is 1. The van der Waals surface area contributed by atoms with Crippen LogP contribution < -0.4 is 5.32 Å². The molecule has 0 fully saturated rings. The fraction of sp³-hybridized carbons (Fsp3) is 0.0833. The molecule has 4 aromatic rings. The fourth-order valence-corrected chi connectivity index (χ4v) is 4.04. The number of aryl methyl sites for hydroxylation is 2. The molecule has 4 rings (SSSR count). The molecule has 3 aromatic carbocycles. The number of rotatable bonds is 3. The molecule has 1 amide bonds. The van der Waals surface area contributed by atoms with Gasteiger partial charge in [-0.2, -0.15) is 0 Å². The van der Waals surface area contributed by atoms with Crippen molar-refractivity contribution in [3.8, 4) is 11.3 Å². The second-order valence-electron chi connectivity index (χ2n) is 7.00. The van der Waals surface area contributed by atoms with Gasteiger partial charge in [0.2, 0.25) is 0 Å². The summed E-state index contributed by atoms with van der Waals surface area (Å²) < 4.78 is 0.907. The number of pyridine rings is 1. The first-order valence-electron chi connectivity index (χ1n) is 9.15. The van der Waals surface area contributed by atoms with Crippen LogP contribution in [0.1, 0.15) is 21.5 Å². The first-order valence-corrected chi connectivity index (χ1v) is 10.3. The van der Waals surface area contributed by atoms with E-state index < -0.39 is 0 Å². The van der Waals surface area contributed by atoms with Gasteiger partial charge in [0.15, 0.2) is 0 Å². The molecule has 5 heteroatoms. The Morgan fingerprint density at radius 3 is 2.48 bits per heavy atom. The molecule has 0 aliphatic carbocycles. The van der Waals surface area contributed by atoms with Gasteiger partial charge in [0.05, 0.1) is 16.8 Å². The Morgan fingerprint density at radius 1 is 1.00 bits per heavy atom. The Hall–Kier alpha value is -2.69. The standard InChI is InChI=1S/C24H18BrClN2O/c1-14-6-8-16(9-7-14)22-13-21(20-11-17(25)10-15(2)23(20)28-22)24(29)27-19-5-3-4-18(26)12-19/h3-13H,1-2H3,(H,27,29). The Kier molecular flexibility index (Phi) is 5.39. The summed E-state index contributed by atoms with van der Waals surface area (Å²) in [6, 6.07) is 21.0. The molecule has 0 saturated heterocycles. The largest absolute Gasteiger partial charge is 0.322 e. The lowest BCUT2D eigenvalue weighted by molar-refractivity contribution is 0.102. The van der Waals surface area contributed by atoms with Crippen LogP contribution in [0.2, 0.25) is 5.02 Å². The second-order valence-corrected chi connectivity index (χ2v) is 8.36. The molecule has 0 saturated carbocycles. The smallest absolute Gasteiger partial charge is 0.256 e. The van der Waals surface area contributed by atoms with Crippen LogP contribution >= 0.6 is 27.5 Å². The highest BCUT2D eigenvalue weighted by atomic mass is 79.9. The van der Waals surface area contributed by atoms with Crippen molar-refractivity contribution in [2.45, 2.75) is 13.8 Å². The molecule has 0 aliphatic heterocycles. The third-order valence-electron chi connectivity index (χ3n) is 4.74. The predicted molar refractivity (Wildman–Crippen MR) is 124 cm³/mol. The number of nitrogens with zero attached hydrogens (tertiary/aromatic N) is 1. The van der Waals surface area contributed by atoms with Crippen LogP contribution in [-0.2, 0) is 0 Å². The number of benzene rings is 3. The monoisotopic (exact) mass is 464 g/mol. The van der Waals surface area contributed by atoms with E-state index >= 15 is 0 Å². The van der Waals surface area contributed by atoms with Gasteiger partial charge in [-0.05, 0) is 55.8 Å². The van der Waals surface area contributed by atoms with Gasteiger partial charge in [0.1, 0.15) is 0 Å². The minimum Gasteiger partial charge on any atom is -0.322 e. The lowest BCUT2D eigenvalue weighted by Crippen LogP contribution is -2.13. The zero-order valence-corrected chi connectivity index (χ0v) is 18.3. The summed E-state index contributed by atoms with van der Waals surface area (Å²) in [5.74, 6) is -0.203. The lowest BCUT2D eigenvalue weighted by atomic mass is 10.0. The topological polar surface area (TPSA) is 42.0 Å². The molecular weight excluding hydrogens is 448 g/mol. The second kappa shape index (κ2) is 7.97. The van der Waals surface area contributed by atoms with Gasteiger partial charge in [0.25, 0.3) is 5.91 Å². The van der Waals surface area contributed by atoms with E-state index in [9.17, 15) is 4.79 Å². The van der Waals surface area contributed by atoms with Crippen molar-refractivity contribution in [3.63, 3.8) is 0 Å². The third-order valence-corrected chi connectivity index (χ3v) is 5.44. The van der Waals surface area contributed by atoms with Crippen molar-refractivity contribution < 1.29 is 4.79 Å². The molecule has 144 valence electrons. The number of carbonyl (C=O) groups is 1. The summed E-state index contributed by atoms with van der Waals surface area (Å²) in [6.07, 6.45) is 0. The summed E-state index contributed by atoms with van der Waals surface area (Å²) >= 11 is 9.60. The maximum Gasteiger partial charge on any atom is 0.256 e. The van der Waals surface area contributed by atoms with Gasteiger partial charge in [0, 0.05) is 26.1 Å². The molecule has 0 spiro atoms. The average Bonchev–Trinajstić information content (AvgIpc) is 2.68. The van der Waals surface area contributed by atoms with Gasteiger partial charge in [-0.1, -0.05) is 63.4 Å². The summed E-state index contributed by atoms with van der Waals surface area (Å²) in [5.41, 5.74) is 5.93. The van der Waals surface area contributed by atoms with Crippen molar-refractivity contribution in [3.05, 3.63) is 92.9 Å².